The first kappa shape index (κ1) is 17.6. The molecule has 7 heteroatoms. The van der Waals surface area contributed by atoms with Gasteiger partial charge in [0.1, 0.15) is 0 Å². The SMILES string of the molecule is CC[C@H]1CN(C(=O)CN(C)Cc2cnn(-c3ccccc3)n2)CCO1. The predicted molar refractivity (Wildman–Crippen MR) is 94.3 cm³/mol. The molecule has 1 atom stereocenters. The highest BCUT2D eigenvalue weighted by Gasteiger charge is 2.23. The summed E-state index contributed by atoms with van der Waals surface area (Å²) in [6, 6.07) is 9.78. The van der Waals surface area contributed by atoms with E-state index in [1.54, 1.807) is 11.0 Å². The molecule has 2 aromatic rings. The molecule has 0 spiro atoms. The molecule has 0 radical (unpaired) electrons. The maximum atomic E-state index is 12.5. The number of rotatable bonds is 6. The molecule has 0 N–H and O–H groups in total. The van der Waals surface area contributed by atoms with Gasteiger partial charge in [0.15, 0.2) is 0 Å². The summed E-state index contributed by atoms with van der Waals surface area (Å²) in [4.78, 5) is 18.0. The minimum Gasteiger partial charge on any atom is -0.375 e. The van der Waals surface area contributed by atoms with Crippen LogP contribution in [0.2, 0.25) is 0 Å². The molecule has 1 saturated heterocycles. The van der Waals surface area contributed by atoms with E-state index in [0.717, 1.165) is 17.8 Å². The Balaban J connectivity index is 1.53. The van der Waals surface area contributed by atoms with E-state index in [9.17, 15) is 4.79 Å². The zero-order valence-corrected chi connectivity index (χ0v) is 14.8. The predicted octanol–water partition coefficient (Wildman–Crippen LogP) is 1.34. The summed E-state index contributed by atoms with van der Waals surface area (Å²) in [5.41, 5.74) is 1.76. The van der Waals surface area contributed by atoms with Gasteiger partial charge in [0.05, 0.1) is 36.8 Å². The first-order chi connectivity index (χ1) is 12.2. The number of para-hydroxylation sites is 1. The van der Waals surface area contributed by atoms with Crippen molar-refractivity contribution in [2.75, 3.05) is 33.3 Å². The van der Waals surface area contributed by atoms with Crippen LogP contribution >= 0.6 is 0 Å². The van der Waals surface area contributed by atoms with Crippen molar-refractivity contribution in [2.24, 2.45) is 0 Å². The highest BCUT2D eigenvalue weighted by atomic mass is 16.5. The van der Waals surface area contributed by atoms with Crippen LogP contribution in [0.3, 0.4) is 0 Å². The second-order valence-corrected chi connectivity index (χ2v) is 6.37. The van der Waals surface area contributed by atoms with Gasteiger partial charge in [-0.3, -0.25) is 9.69 Å². The highest BCUT2D eigenvalue weighted by Crippen LogP contribution is 2.10. The Labute approximate surface area is 148 Å². The smallest absolute Gasteiger partial charge is 0.236 e. The normalized spacial score (nSPS) is 17.9. The molecule has 1 aromatic heterocycles. The lowest BCUT2D eigenvalue weighted by molar-refractivity contribution is -0.139. The molecule has 0 bridgehead atoms. The van der Waals surface area contributed by atoms with E-state index < -0.39 is 0 Å². The Morgan fingerprint density at radius 3 is 2.92 bits per heavy atom. The molecule has 7 nitrogen and oxygen atoms in total. The summed E-state index contributed by atoms with van der Waals surface area (Å²) in [5, 5.41) is 8.78. The van der Waals surface area contributed by atoms with Gasteiger partial charge < -0.3 is 9.64 Å². The summed E-state index contributed by atoms with van der Waals surface area (Å²) in [5.74, 6) is 0.139. The molecule has 1 aromatic carbocycles. The first-order valence-corrected chi connectivity index (χ1v) is 8.70. The summed E-state index contributed by atoms with van der Waals surface area (Å²) in [6.45, 7) is 5.02. The Morgan fingerprint density at radius 2 is 2.16 bits per heavy atom. The number of hydrogen-bond acceptors (Lipinski definition) is 5. The van der Waals surface area contributed by atoms with Gasteiger partial charge in [-0.25, -0.2) is 0 Å². The summed E-state index contributed by atoms with van der Waals surface area (Å²) >= 11 is 0. The first-order valence-electron chi connectivity index (χ1n) is 8.70. The van der Waals surface area contributed by atoms with E-state index in [-0.39, 0.29) is 12.0 Å². The second kappa shape index (κ2) is 8.22. The van der Waals surface area contributed by atoms with Crippen LogP contribution in [0.4, 0.5) is 0 Å². The molecular weight excluding hydrogens is 318 g/mol. The summed E-state index contributed by atoms with van der Waals surface area (Å²) in [6.07, 6.45) is 2.84. The van der Waals surface area contributed by atoms with Gasteiger partial charge in [0.25, 0.3) is 0 Å². The molecule has 0 aliphatic carbocycles. The quantitative estimate of drug-likeness (QED) is 0.792. The number of carbonyl (C=O) groups is 1. The standard InChI is InChI=1S/C18H25N5O2/c1-3-17-13-22(9-10-25-17)18(24)14-21(2)12-15-11-19-23(20-15)16-7-5-4-6-8-16/h4-8,11,17H,3,9-10,12-14H2,1-2H3/t17-/m0/s1. The molecule has 0 saturated carbocycles. The maximum Gasteiger partial charge on any atom is 0.236 e. The second-order valence-electron chi connectivity index (χ2n) is 6.37. The fraction of sp³-hybridized carbons (Fsp3) is 0.500. The molecule has 134 valence electrons. The van der Waals surface area contributed by atoms with Crippen molar-refractivity contribution < 1.29 is 9.53 Å². The van der Waals surface area contributed by atoms with Crippen LogP contribution in [-0.2, 0) is 16.1 Å². The molecule has 1 fully saturated rings. The van der Waals surface area contributed by atoms with Gasteiger partial charge in [0, 0.05) is 19.6 Å². The van der Waals surface area contributed by atoms with E-state index in [2.05, 4.69) is 17.1 Å². The van der Waals surface area contributed by atoms with Gasteiger partial charge in [0.2, 0.25) is 5.91 Å². The third-order valence-corrected chi connectivity index (χ3v) is 4.31. The average Bonchev–Trinajstić information content (AvgIpc) is 3.10. The molecule has 2 heterocycles. The van der Waals surface area contributed by atoms with Crippen LogP contribution in [-0.4, -0.2) is 70.1 Å². The molecule has 0 unspecified atom stereocenters. The number of morpholine rings is 1. The minimum atomic E-state index is 0.139. The molecule has 3 rings (SSSR count). The van der Waals surface area contributed by atoms with Gasteiger partial charge in [-0.2, -0.15) is 15.0 Å². The van der Waals surface area contributed by atoms with E-state index in [4.69, 9.17) is 4.74 Å². The molecular formula is C18H25N5O2. The van der Waals surface area contributed by atoms with E-state index in [1.165, 1.54) is 0 Å². The van der Waals surface area contributed by atoms with E-state index >= 15 is 0 Å². The van der Waals surface area contributed by atoms with Gasteiger partial charge >= 0.3 is 0 Å². The van der Waals surface area contributed by atoms with Crippen LogP contribution in [0, 0.1) is 0 Å². The molecule has 1 aliphatic heterocycles. The number of ether oxygens (including phenoxy) is 1. The fourth-order valence-electron chi connectivity index (χ4n) is 2.91. The van der Waals surface area contributed by atoms with E-state index in [1.807, 2.05) is 47.2 Å². The van der Waals surface area contributed by atoms with Crippen LogP contribution in [0.25, 0.3) is 5.69 Å². The monoisotopic (exact) mass is 343 g/mol. The number of hydrogen-bond donors (Lipinski definition) is 0. The topological polar surface area (TPSA) is 63.5 Å². The third kappa shape index (κ3) is 4.64. The molecule has 1 amide bonds. The van der Waals surface area contributed by atoms with Crippen molar-refractivity contribution in [3.63, 3.8) is 0 Å². The van der Waals surface area contributed by atoms with Gasteiger partial charge in [-0.15, -0.1) is 0 Å². The zero-order chi connectivity index (χ0) is 17.6. The summed E-state index contributed by atoms with van der Waals surface area (Å²) in [7, 11) is 1.93. The van der Waals surface area contributed by atoms with Gasteiger partial charge in [-0.1, -0.05) is 25.1 Å². The number of aromatic nitrogens is 3. The Kier molecular flexibility index (Phi) is 5.78. The molecule has 1 aliphatic rings. The lowest BCUT2D eigenvalue weighted by atomic mass is 10.2. The largest absolute Gasteiger partial charge is 0.375 e. The zero-order valence-electron chi connectivity index (χ0n) is 14.8. The fourth-order valence-corrected chi connectivity index (χ4v) is 2.91. The summed E-state index contributed by atoms with van der Waals surface area (Å²) < 4.78 is 5.62. The van der Waals surface area contributed by atoms with Crippen molar-refractivity contribution in [3.8, 4) is 5.69 Å². The van der Waals surface area contributed by atoms with Crippen LogP contribution in [0.15, 0.2) is 36.5 Å². The van der Waals surface area contributed by atoms with Crippen molar-refractivity contribution in [2.45, 2.75) is 26.0 Å². The lowest BCUT2D eigenvalue weighted by Gasteiger charge is -2.33. The Hall–Kier alpha value is -2.25. The van der Waals surface area contributed by atoms with Crippen molar-refractivity contribution in [1.82, 2.24) is 24.8 Å². The minimum absolute atomic E-state index is 0.139. The number of carbonyl (C=O) groups excluding carboxylic acids is 1. The highest BCUT2D eigenvalue weighted by molar-refractivity contribution is 5.78. The van der Waals surface area contributed by atoms with Crippen molar-refractivity contribution in [3.05, 3.63) is 42.2 Å². The van der Waals surface area contributed by atoms with Crippen LogP contribution in [0.5, 0.6) is 0 Å². The number of likely N-dealkylation sites (N-methyl/N-ethyl adjacent to an activating group) is 1. The van der Waals surface area contributed by atoms with Gasteiger partial charge in [-0.05, 0) is 25.6 Å². The third-order valence-electron chi connectivity index (χ3n) is 4.31. The Bertz CT molecular complexity index is 688. The molecule has 25 heavy (non-hydrogen) atoms. The lowest BCUT2D eigenvalue weighted by Crippen LogP contribution is -2.48. The van der Waals surface area contributed by atoms with Crippen LogP contribution in [0.1, 0.15) is 19.0 Å². The number of nitrogens with zero attached hydrogens (tertiary/aromatic N) is 5. The van der Waals surface area contributed by atoms with E-state index in [0.29, 0.717) is 32.8 Å². The number of benzene rings is 1. The number of amides is 1. The maximum absolute atomic E-state index is 12.5. The van der Waals surface area contributed by atoms with Crippen LogP contribution < -0.4 is 0 Å². The average molecular weight is 343 g/mol. The van der Waals surface area contributed by atoms with Crippen molar-refractivity contribution in [1.29, 1.82) is 0 Å². The Morgan fingerprint density at radius 1 is 1.36 bits per heavy atom. The van der Waals surface area contributed by atoms with Crippen molar-refractivity contribution >= 4 is 5.91 Å².